The number of alkyl halides is 3. The van der Waals surface area contributed by atoms with Crippen molar-refractivity contribution in [2.45, 2.75) is 19.4 Å². The molecule has 0 amide bonds. The second-order valence-electron chi connectivity index (χ2n) is 6.34. The Morgan fingerprint density at radius 2 is 1.62 bits per heavy atom. The molecule has 2 aromatic rings. The minimum absolute atomic E-state index is 0.116. The van der Waals surface area contributed by atoms with E-state index in [1.165, 1.54) is 4.57 Å². The number of nitrogens with zero attached hydrogens (tertiary/aromatic N) is 3. The number of hydrogen-bond acceptors (Lipinski definition) is 4. The van der Waals surface area contributed by atoms with E-state index in [9.17, 15) is 23.1 Å². The van der Waals surface area contributed by atoms with Crippen molar-refractivity contribution in [1.82, 2.24) is 14.4 Å². The Labute approximate surface area is 148 Å². The third kappa shape index (κ3) is 4.25. The maximum Gasteiger partial charge on any atom is 0.460 e. The van der Waals surface area contributed by atoms with Crippen LogP contribution in [0.5, 0.6) is 5.75 Å². The highest BCUT2D eigenvalue weighted by molar-refractivity contribution is 5.29. The van der Waals surface area contributed by atoms with Crippen LogP contribution in [0, 0.1) is 0 Å². The van der Waals surface area contributed by atoms with Gasteiger partial charge in [0.1, 0.15) is 0 Å². The standard InChI is InChI=1S/C18H20F3N3O2/c19-18(20,21)24-10-8-22(9-11-24)13-15-6-7-23(17(26)16(15)25)12-14-4-2-1-3-5-14/h1-7,25H,8-13H2. The molecule has 140 valence electrons. The fourth-order valence-electron chi connectivity index (χ4n) is 3.03. The van der Waals surface area contributed by atoms with Crippen LogP contribution in [0.15, 0.2) is 47.4 Å². The van der Waals surface area contributed by atoms with Gasteiger partial charge in [-0.2, -0.15) is 13.2 Å². The van der Waals surface area contributed by atoms with Gasteiger partial charge in [0.05, 0.1) is 6.54 Å². The summed E-state index contributed by atoms with van der Waals surface area (Å²) in [4.78, 5) is 14.6. The molecule has 1 aromatic heterocycles. The maximum atomic E-state index is 12.7. The molecule has 0 spiro atoms. The lowest BCUT2D eigenvalue weighted by Crippen LogP contribution is -2.51. The normalized spacial score (nSPS) is 16.7. The highest BCUT2D eigenvalue weighted by Crippen LogP contribution is 2.23. The minimum atomic E-state index is -4.31. The fraction of sp³-hybridized carbons (Fsp3) is 0.389. The van der Waals surface area contributed by atoms with Gasteiger partial charge >= 0.3 is 6.30 Å². The first-order valence-corrected chi connectivity index (χ1v) is 8.34. The molecule has 8 heteroatoms. The third-order valence-corrected chi connectivity index (χ3v) is 4.54. The molecular weight excluding hydrogens is 347 g/mol. The second kappa shape index (κ2) is 7.51. The number of hydrogen-bond donors (Lipinski definition) is 1. The summed E-state index contributed by atoms with van der Waals surface area (Å²) in [6.45, 7) is 0.819. The molecule has 0 radical (unpaired) electrons. The van der Waals surface area contributed by atoms with Gasteiger partial charge in [-0.3, -0.25) is 9.69 Å². The van der Waals surface area contributed by atoms with Gasteiger partial charge in [0, 0.05) is 44.5 Å². The third-order valence-electron chi connectivity index (χ3n) is 4.54. The molecule has 2 heterocycles. The number of halogens is 3. The zero-order chi connectivity index (χ0) is 18.7. The Kier molecular flexibility index (Phi) is 5.33. The van der Waals surface area contributed by atoms with Gasteiger partial charge in [0.2, 0.25) is 0 Å². The Morgan fingerprint density at radius 1 is 0.962 bits per heavy atom. The van der Waals surface area contributed by atoms with Crippen LogP contribution in [0.2, 0.25) is 0 Å². The van der Waals surface area contributed by atoms with Crippen molar-refractivity contribution in [2.24, 2.45) is 0 Å². The van der Waals surface area contributed by atoms with E-state index in [-0.39, 0.29) is 38.5 Å². The molecule has 26 heavy (non-hydrogen) atoms. The van der Waals surface area contributed by atoms with Crippen LogP contribution in [0.3, 0.4) is 0 Å². The van der Waals surface area contributed by atoms with Crippen LogP contribution in [0.25, 0.3) is 0 Å². The van der Waals surface area contributed by atoms with Gasteiger partial charge in [-0.05, 0) is 11.6 Å². The molecule has 1 aromatic carbocycles. The van der Waals surface area contributed by atoms with E-state index in [1.807, 2.05) is 30.3 Å². The largest absolute Gasteiger partial charge is 0.503 e. The number of aromatic hydroxyl groups is 1. The topological polar surface area (TPSA) is 48.7 Å². The SMILES string of the molecule is O=c1c(O)c(CN2CCN(C(F)(F)F)CC2)ccn1Cc1ccccc1. The molecule has 0 aliphatic carbocycles. The van der Waals surface area contributed by atoms with Crippen LogP contribution in [-0.2, 0) is 13.1 Å². The van der Waals surface area contributed by atoms with Crippen molar-refractivity contribution < 1.29 is 18.3 Å². The first kappa shape index (κ1) is 18.5. The quantitative estimate of drug-likeness (QED) is 0.842. The van der Waals surface area contributed by atoms with Crippen molar-refractivity contribution in [3.8, 4) is 5.75 Å². The fourth-order valence-corrected chi connectivity index (χ4v) is 3.03. The maximum absolute atomic E-state index is 12.7. The van der Waals surface area contributed by atoms with E-state index < -0.39 is 11.9 Å². The average molecular weight is 367 g/mol. The Hall–Kier alpha value is -2.32. The number of piperazine rings is 1. The summed E-state index contributed by atoms with van der Waals surface area (Å²) in [6, 6.07) is 11.0. The van der Waals surface area contributed by atoms with Crippen molar-refractivity contribution in [3.05, 3.63) is 64.1 Å². The van der Waals surface area contributed by atoms with Crippen molar-refractivity contribution >= 4 is 0 Å². The zero-order valence-corrected chi connectivity index (χ0v) is 14.1. The molecule has 1 fully saturated rings. The van der Waals surface area contributed by atoms with E-state index in [2.05, 4.69) is 0 Å². The average Bonchev–Trinajstić information content (AvgIpc) is 2.62. The summed E-state index contributed by atoms with van der Waals surface area (Å²) in [6.07, 6.45) is -2.71. The van der Waals surface area contributed by atoms with Gasteiger partial charge in [-0.15, -0.1) is 0 Å². The molecule has 0 unspecified atom stereocenters. The molecule has 3 rings (SSSR count). The summed E-state index contributed by atoms with van der Waals surface area (Å²) in [7, 11) is 0. The van der Waals surface area contributed by atoms with E-state index >= 15 is 0 Å². The molecule has 5 nitrogen and oxygen atoms in total. The van der Waals surface area contributed by atoms with Crippen LogP contribution < -0.4 is 5.56 Å². The lowest BCUT2D eigenvalue weighted by atomic mass is 10.2. The summed E-state index contributed by atoms with van der Waals surface area (Å²) >= 11 is 0. The van der Waals surface area contributed by atoms with E-state index in [0.717, 1.165) is 5.56 Å². The lowest BCUT2D eigenvalue weighted by molar-refractivity contribution is -0.252. The van der Waals surface area contributed by atoms with E-state index in [4.69, 9.17) is 0 Å². The first-order valence-electron chi connectivity index (χ1n) is 8.34. The highest BCUT2D eigenvalue weighted by atomic mass is 19.4. The molecule has 1 aliphatic rings. The molecule has 0 atom stereocenters. The second-order valence-corrected chi connectivity index (χ2v) is 6.34. The van der Waals surface area contributed by atoms with Crippen LogP contribution in [0.1, 0.15) is 11.1 Å². The first-order chi connectivity index (χ1) is 12.3. The molecule has 0 bridgehead atoms. The van der Waals surface area contributed by atoms with Gasteiger partial charge in [0.15, 0.2) is 5.75 Å². The predicted molar refractivity (Wildman–Crippen MR) is 90.8 cm³/mol. The summed E-state index contributed by atoms with van der Waals surface area (Å²) < 4.78 is 39.4. The number of rotatable bonds is 4. The monoisotopic (exact) mass is 367 g/mol. The predicted octanol–water partition coefficient (Wildman–Crippen LogP) is 2.24. The van der Waals surface area contributed by atoms with Crippen LogP contribution in [-0.4, -0.2) is 52.0 Å². The van der Waals surface area contributed by atoms with Gasteiger partial charge in [-0.1, -0.05) is 30.3 Å². The van der Waals surface area contributed by atoms with Gasteiger partial charge in [-0.25, -0.2) is 4.90 Å². The molecular formula is C18H20F3N3O2. The zero-order valence-electron chi connectivity index (χ0n) is 14.1. The van der Waals surface area contributed by atoms with Crippen molar-refractivity contribution in [3.63, 3.8) is 0 Å². The highest BCUT2D eigenvalue weighted by Gasteiger charge is 2.38. The van der Waals surface area contributed by atoms with Crippen LogP contribution in [0.4, 0.5) is 13.2 Å². The van der Waals surface area contributed by atoms with Crippen LogP contribution >= 0.6 is 0 Å². The van der Waals surface area contributed by atoms with Gasteiger partial charge < -0.3 is 9.67 Å². The Morgan fingerprint density at radius 3 is 2.23 bits per heavy atom. The van der Waals surface area contributed by atoms with Crippen molar-refractivity contribution in [2.75, 3.05) is 26.2 Å². The molecule has 0 saturated carbocycles. The Bertz CT molecular complexity index is 798. The molecule has 1 N–H and O–H groups in total. The number of aromatic nitrogens is 1. The van der Waals surface area contributed by atoms with Gasteiger partial charge in [0.25, 0.3) is 5.56 Å². The summed E-state index contributed by atoms with van der Waals surface area (Å²) in [5.41, 5.74) is 0.866. The Balaban J connectivity index is 1.67. The number of pyridine rings is 1. The summed E-state index contributed by atoms with van der Waals surface area (Å²) in [5.74, 6) is -0.346. The molecule has 1 aliphatic heterocycles. The minimum Gasteiger partial charge on any atom is -0.503 e. The molecule has 1 saturated heterocycles. The van der Waals surface area contributed by atoms with Crippen molar-refractivity contribution in [1.29, 1.82) is 0 Å². The summed E-state index contributed by atoms with van der Waals surface area (Å²) in [5, 5.41) is 10.2. The lowest BCUT2D eigenvalue weighted by Gasteiger charge is -2.35. The smallest absolute Gasteiger partial charge is 0.460 e. The number of benzene rings is 1. The van der Waals surface area contributed by atoms with E-state index in [1.54, 1.807) is 17.2 Å². The van der Waals surface area contributed by atoms with E-state index in [0.29, 0.717) is 17.0 Å².